The number of esters is 1. The molecule has 0 aromatic heterocycles. The normalized spacial score (nSPS) is 25.7. The highest BCUT2D eigenvalue weighted by molar-refractivity contribution is 5.76. The molecule has 9 unspecified atom stereocenters. The van der Waals surface area contributed by atoms with E-state index in [1.807, 2.05) is 0 Å². The van der Waals surface area contributed by atoms with E-state index in [0.29, 0.717) is 29.8 Å². The third kappa shape index (κ3) is 27.5. The summed E-state index contributed by atoms with van der Waals surface area (Å²) < 4.78 is 14.6. The summed E-state index contributed by atoms with van der Waals surface area (Å²) in [6.45, 7) is 10.6. The first-order valence-electron chi connectivity index (χ1n) is 37.5. The Bertz CT molecular complexity index is 1370. The third-order valence-corrected chi connectivity index (χ3v) is 21.6. The Morgan fingerprint density at radius 3 is 1.13 bits per heavy atom. The van der Waals surface area contributed by atoms with Crippen LogP contribution in [0.4, 0.5) is 0 Å². The summed E-state index contributed by atoms with van der Waals surface area (Å²) in [6, 6.07) is 1.14. The van der Waals surface area contributed by atoms with Gasteiger partial charge in [-0.05, 0) is 90.3 Å². The Labute approximate surface area is 494 Å². The van der Waals surface area contributed by atoms with Gasteiger partial charge in [-0.25, -0.2) is 0 Å². The van der Waals surface area contributed by atoms with Gasteiger partial charge in [-0.2, -0.15) is 0 Å². The highest BCUT2D eigenvalue weighted by Gasteiger charge is 2.69. The largest absolute Gasteiger partial charge is 0.458 e. The highest BCUT2D eigenvalue weighted by atomic mass is 16.6. The van der Waals surface area contributed by atoms with E-state index in [4.69, 9.17) is 9.47 Å². The van der Waals surface area contributed by atoms with Gasteiger partial charge in [0.25, 0.3) is 0 Å². The molecule has 3 saturated carbocycles. The Kier molecular flexibility index (Phi) is 40.0. The van der Waals surface area contributed by atoms with E-state index < -0.39 is 0 Å². The van der Waals surface area contributed by atoms with E-state index in [9.17, 15) is 4.79 Å². The van der Waals surface area contributed by atoms with E-state index in [1.165, 1.54) is 360 Å². The van der Waals surface area contributed by atoms with Crippen LogP contribution in [0.5, 0.6) is 0 Å². The topological polar surface area (TPSA) is 50.8 Å². The Hall–Kier alpha value is -0.650. The minimum absolute atomic E-state index is 0.137. The number of nitrogens with zero attached hydrogens (tertiary/aromatic N) is 1. The molecular formula is C74H140N2O3. The standard InChI is InChI=1S/C74H140N2O3/c1-4-7-10-13-16-19-22-25-28-31-34-37-40-43-46-51-60-75-65-56-58-69-71(63-65)78-72-64-66(57-59-70(72)74(69)68-55-50-49-54-67(68)73(77)79-74)76(61-52-47-44-41-38-35-32-29-26-23-20-17-14-11-8-5-2)62-53-48-45-42-39-36-33-30-27-24-21-18-15-12-9-6-3/h65-72,75H,4-64H2,1-3H3. The maximum Gasteiger partial charge on any atom is 0.309 e. The van der Waals surface area contributed by atoms with Crippen LogP contribution in [-0.2, 0) is 14.3 Å². The lowest BCUT2D eigenvalue weighted by Crippen LogP contribution is -2.67. The Morgan fingerprint density at radius 2 is 0.722 bits per heavy atom. The van der Waals surface area contributed by atoms with Crippen molar-refractivity contribution in [3.63, 3.8) is 0 Å². The van der Waals surface area contributed by atoms with Crippen LogP contribution in [0, 0.1) is 23.7 Å². The number of rotatable bonds is 53. The summed E-state index contributed by atoms with van der Waals surface area (Å²) in [6.07, 6.45) is 80.9. The minimum atomic E-state index is -0.286. The molecule has 5 rings (SSSR count). The zero-order valence-corrected chi connectivity index (χ0v) is 53.9. The lowest BCUT2D eigenvalue weighted by molar-refractivity contribution is -0.262. The van der Waals surface area contributed by atoms with Crippen LogP contribution in [0.1, 0.15) is 393 Å². The number of ether oxygens (including phenoxy) is 2. The minimum Gasteiger partial charge on any atom is -0.458 e. The van der Waals surface area contributed by atoms with Crippen LogP contribution in [-0.4, -0.2) is 60.4 Å². The molecule has 5 heteroatoms. The van der Waals surface area contributed by atoms with Gasteiger partial charge >= 0.3 is 5.97 Å². The average molecular weight is 1110 g/mol. The first kappa shape index (κ1) is 69.1. The molecule has 0 amide bonds. The molecule has 3 aliphatic carbocycles. The number of carbonyl (C=O) groups excluding carboxylic acids is 1. The van der Waals surface area contributed by atoms with Crippen LogP contribution in [0.2, 0.25) is 0 Å². The molecule has 9 atom stereocenters. The monoisotopic (exact) mass is 1110 g/mol. The van der Waals surface area contributed by atoms with Gasteiger partial charge < -0.3 is 19.7 Å². The van der Waals surface area contributed by atoms with Gasteiger partial charge in [-0.15, -0.1) is 0 Å². The van der Waals surface area contributed by atoms with Crippen LogP contribution in [0.3, 0.4) is 0 Å². The van der Waals surface area contributed by atoms with Crippen LogP contribution in [0.15, 0.2) is 0 Å². The van der Waals surface area contributed by atoms with Crippen molar-refractivity contribution >= 4 is 5.97 Å². The molecule has 2 saturated heterocycles. The third-order valence-electron chi connectivity index (χ3n) is 21.6. The molecule has 0 aromatic rings. The van der Waals surface area contributed by atoms with Gasteiger partial charge in [0.1, 0.15) is 5.60 Å². The first-order valence-corrected chi connectivity index (χ1v) is 37.5. The molecule has 5 aliphatic rings. The van der Waals surface area contributed by atoms with E-state index in [-0.39, 0.29) is 29.7 Å². The number of fused-ring (bicyclic) bond motifs is 6. The molecule has 5 fully saturated rings. The summed E-state index contributed by atoms with van der Waals surface area (Å²) in [4.78, 5) is 17.0. The average Bonchev–Trinajstić information content (AvgIpc) is 3.87. The summed E-state index contributed by atoms with van der Waals surface area (Å²) in [7, 11) is 0. The van der Waals surface area contributed by atoms with E-state index >= 15 is 0 Å². The van der Waals surface area contributed by atoms with Crippen molar-refractivity contribution in [2.24, 2.45) is 23.7 Å². The molecule has 464 valence electrons. The van der Waals surface area contributed by atoms with Gasteiger partial charge in [0, 0.05) is 29.8 Å². The summed E-state index contributed by atoms with van der Waals surface area (Å²) in [5, 5.41) is 4.08. The molecule has 2 aliphatic heterocycles. The fraction of sp³-hybridized carbons (Fsp3) is 0.986. The molecule has 5 nitrogen and oxygen atoms in total. The Morgan fingerprint density at radius 1 is 0.380 bits per heavy atom. The lowest BCUT2D eigenvalue weighted by atomic mass is 9.54. The lowest BCUT2D eigenvalue weighted by Gasteiger charge is -2.60. The Balaban J connectivity index is 1.05. The summed E-state index contributed by atoms with van der Waals surface area (Å²) >= 11 is 0. The van der Waals surface area contributed by atoms with Crippen molar-refractivity contribution in [3.8, 4) is 0 Å². The van der Waals surface area contributed by atoms with E-state index in [0.717, 1.165) is 32.2 Å². The number of hydrogen-bond donors (Lipinski definition) is 1. The predicted octanol–water partition coefficient (Wildman–Crippen LogP) is 22.9. The molecule has 0 aromatic carbocycles. The molecule has 2 heterocycles. The van der Waals surface area contributed by atoms with E-state index in [1.54, 1.807) is 0 Å². The SMILES string of the molecule is CCCCCCCCCCCCCCCCCCNC1CCC2C(C1)OC1CC(N(CCCCCCCCCCCCCCCCCC)CCCCCCCCCCCCCCCCCC)CCC1C21OC(=O)C2CCCCC21. The fourth-order valence-corrected chi connectivity index (χ4v) is 16.7. The first-order chi connectivity index (χ1) is 39.1. The second kappa shape index (κ2) is 45.7. The number of unbranched alkanes of at least 4 members (excludes halogenated alkanes) is 45. The van der Waals surface area contributed by atoms with Gasteiger partial charge in [0.15, 0.2) is 0 Å². The zero-order valence-electron chi connectivity index (χ0n) is 53.9. The van der Waals surface area contributed by atoms with Crippen molar-refractivity contribution in [1.82, 2.24) is 10.2 Å². The highest BCUT2D eigenvalue weighted by Crippen LogP contribution is 2.61. The summed E-state index contributed by atoms with van der Waals surface area (Å²) in [5.41, 5.74) is -0.286. The van der Waals surface area contributed by atoms with Gasteiger partial charge in [0.2, 0.25) is 0 Å². The van der Waals surface area contributed by atoms with Crippen LogP contribution >= 0.6 is 0 Å². The zero-order chi connectivity index (χ0) is 55.5. The predicted molar refractivity (Wildman–Crippen MR) is 343 cm³/mol. The second-order valence-electron chi connectivity index (χ2n) is 28.1. The maximum absolute atomic E-state index is 14.0. The van der Waals surface area contributed by atoms with Crippen molar-refractivity contribution in [1.29, 1.82) is 0 Å². The molecule has 0 radical (unpaired) electrons. The molecule has 1 N–H and O–H groups in total. The second-order valence-corrected chi connectivity index (χ2v) is 28.1. The smallest absolute Gasteiger partial charge is 0.309 e. The van der Waals surface area contributed by atoms with Crippen molar-refractivity contribution in [2.45, 2.75) is 423 Å². The van der Waals surface area contributed by atoms with Crippen LogP contribution < -0.4 is 5.32 Å². The fourth-order valence-electron chi connectivity index (χ4n) is 16.7. The quantitative estimate of drug-likeness (QED) is 0.0486. The molecular weight excluding hydrogens is 965 g/mol. The van der Waals surface area contributed by atoms with Crippen LogP contribution in [0.25, 0.3) is 0 Å². The number of nitrogens with one attached hydrogen (secondary N) is 1. The maximum atomic E-state index is 14.0. The number of carbonyl (C=O) groups is 1. The molecule has 0 bridgehead atoms. The number of hydrogen-bond acceptors (Lipinski definition) is 5. The van der Waals surface area contributed by atoms with Crippen molar-refractivity contribution < 1.29 is 14.3 Å². The van der Waals surface area contributed by atoms with Gasteiger partial charge in [-0.3, -0.25) is 4.79 Å². The van der Waals surface area contributed by atoms with E-state index in [2.05, 4.69) is 31.0 Å². The van der Waals surface area contributed by atoms with Crippen molar-refractivity contribution in [3.05, 3.63) is 0 Å². The molecule has 79 heavy (non-hydrogen) atoms. The van der Waals surface area contributed by atoms with Gasteiger partial charge in [0.05, 0.1) is 18.1 Å². The van der Waals surface area contributed by atoms with Crippen molar-refractivity contribution in [2.75, 3.05) is 19.6 Å². The van der Waals surface area contributed by atoms with Gasteiger partial charge in [-0.1, -0.05) is 323 Å². The molecule has 1 spiro atoms. The summed E-state index contributed by atoms with van der Waals surface area (Å²) in [5.74, 6) is 1.48.